The van der Waals surface area contributed by atoms with Crippen molar-refractivity contribution in [2.75, 3.05) is 22.5 Å². The lowest BCUT2D eigenvalue weighted by atomic mass is 10.0. The fourth-order valence-corrected chi connectivity index (χ4v) is 3.78. The van der Waals surface area contributed by atoms with E-state index >= 15 is 0 Å². The summed E-state index contributed by atoms with van der Waals surface area (Å²) in [5, 5.41) is 18.1. The van der Waals surface area contributed by atoms with Gasteiger partial charge in [-0.1, -0.05) is 48.7 Å². The molecule has 9 nitrogen and oxygen atoms in total. The molecule has 0 radical (unpaired) electrons. The molecular formula is C23H22Cl2N4O5. The van der Waals surface area contributed by atoms with Crippen molar-refractivity contribution in [1.29, 1.82) is 0 Å². The highest BCUT2D eigenvalue weighted by Crippen LogP contribution is 2.24. The predicted octanol–water partition coefficient (Wildman–Crippen LogP) is 3.56. The quantitative estimate of drug-likeness (QED) is 0.229. The van der Waals surface area contributed by atoms with Crippen molar-refractivity contribution < 1.29 is 14.7 Å². The Labute approximate surface area is 204 Å². The average Bonchev–Trinajstić information content (AvgIpc) is 2.80. The van der Waals surface area contributed by atoms with Crippen molar-refractivity contribution in [1.82, 2.24) is 4.98 Å². The average molecular weight is 505 g/mol. The molecule has 3 aromatic rings. The van der Waals surface area contributed by atoms with Gasteiger partial charge in [-0.3, -0.25) is 19.4 Å². The van der Waals surface area contributed by atoms with Crippen LogP contribution in [0.3, 0.4) is 0 Å². The molecule has 1 aromatic heterocycles. The van der Waals surface area contributed by atoms with Crippen molar-refractivity contribution in [3.8, 4) is 0 Å². The zero-order valence-electron chi connectivity index (χ0n) is 18.2. The van der Waals surface area contributed by atoms with Gasteiger partial charge in [0.15, 0.2) is 0 Å². The van der Waals surface area contributed by atoms with Crippen LogP contribution in [-0.2, 0) is 11.2 Å². The minimum Gasteiger partial charge on any atom is -0.480 e. The van der Waals surface area contributed by atoms with Gasteiger partial charge in [-0.25, -0.2) is 4.79 Å². The van der Waals surface area contributed by atoms with Gasteiger partial charge < -0.3 is 21.1 Å². The number of nitrogens with zero attached hydrogens (tertiary/aromatic N) is 1. The molecule has 4 N–H and O–H groups in total. The molecule has 1 atom stereocenters. The Kier molecular flexibility index (Phi) is 8.25. The highest BCUT2D eigenvalue weighted by atomic mass is 35.5. The molecule has 0 aliphatic heterocycles. The van der Waals surface area contributed by atoms with Gasteiger partial charge in [0.2, 0.25) is 0 Å². The first kappa shape index (κ1) is 25.2. The topological polar surface area (TPSA) is 137 Å². The number of rotatable bonds is 11. The number of carboxylic acids is 1. The molecule has 0 spiro atoms. The Bertz CT molecular complexity index is 1250. The summed E-state index contributed by atoms with van der Waals surface area (Å²) in [4.78, 5) is 51.9. The van der Waals surface area contributed by atoms with E-state index < -0.39 is 28.8 Å². The van der Waals surface area contributed by atoms with E-state index in [1.807, 2.05) is 6.92 Å². The third-order valence-electron chi connectivity index (χ3n) is 5.09. The molecule has 178 valence electrons. The SMILES string of the molecule is CCCCNc1c(N[C@@H](Cc2ccc(NC(=O)c3c(Cl)cncc3Cl)cc2)C(=O)O)c(=O)c1=O. The molecule has 0 bridgehead atoms. The van der Waals surface area contributed by atoms with Crippen LogP contribution in [-0.4, -0.2) is 34.6 Å². The zero-order chi connectivity index (χ0) is 24.8. The van der Waals surface area contributed by atoms with Crippen molar-refractivity contribution in [2.45, 2.75) is 32.2 Å². The van der Waals surface area contributed by atoms with Gasteiger partial charge in [0, 0.05) is 31.0 Å². The summed E-state index contributed by atoms with van der Waals surface area (Å²) in [5.41, 5.74) is -0.109. The summed E-state index contributed by atoms with van der Waals surface area (Å²) in [6.45, 7) is 2.50. The number of carbonyl (C=O) groups is 2. The monoisotopic (exact) mass is 504 g/mol. The van der Waals surface area contributed by atoms with Gasteiger partial charge >= 0.3 is 5.97 Å². The van der Waals surface area contributed by atoms with Gasteiger partial charge in [-0.15, -0.1) is 0 Å². The van der Waals surface area contributed by atoms with Gasteiger partial charge in [0.1, 0.15) is 17.4 Å². The smallest absolute Gasteiger partial charge is 0.326 e. The van der Waals surface area contributed by atoms with Crippen LogP contribution in [0.4, 0.5) is 17.1 Å². The summed E-state index contributed by atoms with van der Waals surface area (Å²) in [7, 11) is 0. The molecule has 2 aromatic carbocycles. The first-order valence-corrected chi connectivity index (χ1v) is 11.2. The number of nitrogens with one attached hydrogen (secondary N) is 3. The number of halogens is 2. The van der Waals surface area contributed by atoms with Crippen molar-refractivity contribution in [3.63, 3.8) is 0 Å². The number of hydrogen-bond acceptors (Lipinski definition) is 7. The van der Waals surface area contributed by atoms with E-state index in [0.717, 1.165) is 12.8 Å². The van der Waals surface area contributed by atoms with Crippen LogP contribution in [0.5, 0.6) is 0 Å². The van der Waals surface area contributed by atoms with Crippen LogP contribution in [0.2, 0.25) is 10.0 Å². The zero-order valence-corrected chi connectivity index (χ0v) is 19.7. The second kappa shape index (κ2) is 11.1. The van der Waals surface area contributed by atoms with Crippen LogP contribution < -0.4 is 26.8 Å². The number of aromatic nitrogens is 1. The van der Waals surface area contributed by atoms with E-state index in [-0.39, 0.29) is 33.4 Å². The Hall–Kier alpha value is -3.43. The van der Waals surface area contributed by atoms with E-state index in [1.54, 1.807) is 24.3 Å². The number of benzene rings is 1. The number of amides is 1. The number of hydrogen-bond donors (Lipinski definition) is 4. The highest BCUT2D eigenvalue weighted by Gasteiger charge is 2.26. The summed E-state index contributed by atoms with van der Waals surface area (Å²) in [6.07, 6.45) is 4.38. The third kappa shape index (κ3) is 5.73. The molecule has 0 aliphatic carbocycles. The lowest BCUT2D eigenvalue weighted by molar-refractivity contribution is -0.137. The summed E-state index contributed by atoms with van der Waals surface area (Å²) in [5.74, 6) is -1.69. The lowest BCUT2D eigenvalue weighted by Crippen LogP contribution is -2.42. The van der Waals surface area contributed by atoms with Gasteiger partial charge in [0.05, 0.1) is 15.6 Å². The van der Waals surface area contributed by atoms with E-state index in [9.17, 15) is 24.3 Å². The van der Waals surface area contributed by atoms with Crippen LogP contribution in [0.15, 0.2) is 46.2 Å². The number of anilines is 3. The Morgan fingerprint density at radius 1 is 1.03 bits per heavy atom. The standard InChI is InChI=1S/C23H22Cl2N4O5/c1-2-3-8-27-18-19(21(31)20(18)30)29-16(23(33)34)9-12-4-6-13(7-5-12)28-22(32)17-14(24)10-26-11-15(17)25/h4-7,10-11,16,27,29H,2-3,8-9H2,1H3,(H,28,32)(H,33,34)/t16-/m0/s1. The van der Waals surface area contributed by atoms with E-state index in [1.165, 1.54) is 12.4 Å². The van der Waals surface area contributed by atoms with Crippen molar-refractivity contribution in [3.05, 3.63) is 78.3 Å². The summed E-state index contributed by atoms with van der Waals surface area (Å²) < 4.78 is 0. The molecular weight excluding hydrogens is 483 g/mol. The van der Waals surface area contributed by atoms with E-state index in [2.05, 4.69) is 20.9 Å². The molecule has 0 aliphatic rings. The molecule has 0 fully saturated rings. The number of carbonyl (C=O) groups excluding carboxylic acids is 1. The van der Waals surface area contributed by atoms with Gasteiger partial charge in [-0.2, -0.15) is 0 Å². The molecule has 1 heterocycles. The molecule has 0 saturated heterocycles. The maximum absolute atomic E-state index is 12.5. The maximum Gasteiger partial charge on any atom is 0.326 e. The summed E-state index contributed by atoms with van der Waals surface area (Å²) in [6, 6.07) is 5.36. The Morgan fingerprint density at radius 3 is 2.24 bits per heavy atom. The summed E-state index contributed by atoms with van der Waals surface area (Å²) >= 11 is 12.0. The second-order valence-electron chi connectivity index (χ2n) is 7.56. The normalized spacial score (nSPS) is 11.7. The van der Waals surface area contributed by atoms with E-state index in [4.69, 9.17) is 23.2 Å². The second-order valence-corrected chi connectivity index (χ2v) is 8.37. The fraction of sp³-hybridized carbons (Fsp3) is 0.261. The van der Waals surface area contributed by atoms with Gasteiger partial charge in [-0.05, 0) is 24.1 Å². The molecule has 0 saturated carbocycles. The number of pyridine rings is 1. The molecule has 0 unspecified atom stereocenters. The minimum atomic E-state index is -1.17. The lowest BCUT2D eigenvalue weighted by Gasteiger charge is -2.20. The molecule has 34 heavy (non-hydrogen) atoms. The van der Waals surface area contributed by atoms with Crippen molar-refractivity contribution >= 4 is 52.1 Å². The van der Waals surface area contributed by atoms with Crippen LogP contribution in [0.25, 0.3) is 0 Å². The first-order chi connectivity index (χ1) is 16.2. The Morgan fingerprint density at radius 2 is 1.65 bits per heavy atom. The Balaban J connectivity index is 1.68. The van der Waals surface area contributed by atoms with Crippen LogP contribution in [0, 0.1) is 0 Å². The number of unbranched alkanes of at least 4 members (excludes halogenated alkanes) is 1. The van der Waals surface area contributed by atoms with Crippen LogP contribution in [0.1, 0.15) is 35.7 Å². The maximum atomic E-state index is 12.5. The van der Waals surface area contributed by atoms with E-state index in [0.29, 0.717) is 17.8 Å². The third-order valence-corrected chi connectivity index (χ3v) is 5.66. The molecule has 1 amide bonds. The van der Waals surface area contributed by atoms with Crippen LogP contribution >= 0.6 is 23.2 Å². The fourth-order valence-electron chi connectivity index (χ4n) is 3.24. The first-order valence-electron chi connectivity index (χ1n) is 10.5. The van der Waals surface area contributed by atoms with Gasteiger partial charge in [0.25, 0.3) is 16.8 Å². The minimum absolute atomic E-state index is 0.0107. The predicted molar refractivity (Wildman–Crippen MR) is 132 cm³/mol. The molecule has 3 rings (SSSR count). The largest absolute Gasteiger partial charge is 0.480 e. The number of carboxylic acid groups (broad SMARTS) is 1. The molecule has 11 heteroatoms. The highest BCUT2D eigenvalue weighted by molar-refractivity contribution is 6.40. The number of aliphatic carboxylic acids is 1. The van der Waals surface area contributed by atoms with Crippen molar-refractivity contribution in [2.24, 2.45) is 0 Å².